The molecule has 0 atom stereocenters. The molecule has 0 aliphatic carbocycles. The van der Waals surface area contributed by atoms with Gasteiger partial charge in [-0.25, -0.2) is 14.0 Å². The number of piperidine rings is 1. The molecule has 26 heavy (non-hydrogen) atoms. The molecule has 3 heterocycles. The van der Waals surface area contributed by atoms with E-state index in [2.05, 4.69) is 5.10 Å². The number of thiophene rings is 1. The van der Waals surface area contributed by atoms with E-state index in [-0.39, 0.29) is 17.5 Å². The number of aryl methyl sites for hydroxylation is 1. The van der Waals surface area contributed by atoms with Crippen LogP contribution in [0.1, 0.15) is 34.9 Å². The van der Waals surface area contributed by atoms with E-state index in [1.807, 2.05) is 52.1 Å². The fraction of sp³-hybridized carbons (Fsp3) is 0.316. The van der Waals surface area contributed by atoms with Gasteiger partial charge in [-0.3, -0.25) is 4.79 Å². The summed E-state index contributed by atoms with van der Waals surface area (Å²) in [6.45, 7) is 1.36. The van der Waals surface area contributed by atoms with Crippen LogP contribution in [-0.2, 0) is 7.05 Å². The lowest BCUT2D eigenvalue weighted by Gasteiger charge is -2.31. The molecule has 0 N–H and O–H groups in total. The number of para-hydroxylation sites is 1. The van der Waals surface area contributed by atoms with Crippen LogP contribution in [0.3, 0.4) is 0 Å². The lowest BCUT2D eigenvalue weighted by molar-refractivity contribution is 0.0711. The average Bonchev–Trinajstić information content (AvgIpc) is 3.31. The minimum Gasteiger partial charge on any atom is -0.339 e. The Hall–Kier alpha value is -2.67. The van der Waals surface area contributed by atoms with Crippen molar-refractivity contribution >= 4 is 17.2 Å². The second-order valence-electron chi connectivity index (χ2n) is 6.51. The molecule has 0 unspecified atom stereocenters. The lowest BCUT2D eigenvalue weighted by atomic mass is 9.95. The second-order valence-corrected chi connectivity index (χ2v) is 7.29. The smallest absolute Gasteiger partial charge is 0.339 e. The van der Waals surface area contributed by atoms with E-state index in [0.29, 0.717) is 13.1 Å². The third kappa shape index (κ3) is 2.99. The molecule has 4 rings (SSSR count). The number of hydrogen-bond donors (Lipinski definition) is 0. The van der Waals surface area contributed by atoms with Crippen molar-refractivity contribution in [2.75, 3.05) is 13.1 Å². The summed E-state index contributed by atoms with van der Waals surface area (Å²) in [6, 6.07) is 11.5. The Balaban J connectivity index is 1.56. The Morgan fingerprint density at radius 2 is 1.88 bits per heavy atom. The third-order valence-corrected chi connectivity index (χ3v) is 5.56. The van der Waals surface area contributed by atoms with E-state index in [9.17, 15) is 9.59 Å². The van der Waals surface area contributed by atoms with Gasteiger partial charge >= 0.3 is 5.69 Å². The first-order chi connectivity index (χ1) is 12.6. The molecule has 0 saturated carbocycles. The molecule has 6 nitrogen and oxygen atoms in total. The number of carbonyl (C=O) groups is 1. The Morgan fingerprint density at radius 1 is 1.15 bits per heavy atom. The van der Waals surface area contributed by atoms with Crippen LogP contribution in [0.2, 0.25) is 0 Å². The molecule has 0 radical (unpaired) electrons. The van der Waals surface area contributed by atoms with Gasteiger partial charge < -0.3 is 4.90 Å². The number of carbonyl (C=O) groups excluding carboxylic acids is 1. The molecule has 3 aromatic rings. The van der Waals surface area contributed by atoms with Crippen LogP contribution in [0.15, 0.2) is 52.0 Å². The fourth-order valence-electron chi connectivity index (χ4n) is 3.48. The summed E-state index contributed by atoms with van der Waals surface area (Å²) in [5.41, 5.74) is 1.45. The highest BCUT2D eigenvalue weighted by atomic mass is 32.1. The van der Waals surface area contributed by atoms with E-state index >= 15 is 0 Å². The molecule has 1 aliphatic heterocycles. The van der Waals surface area contributed by atoms with Crippen LogP contribution in [0.4, 0.5) is 0 Å². The van der Waals surface area contributed by atoms with Crippen molar-refractivity contribution < 1.29 is 4.79 Å². The van der Waals surface area contributed by atoms with Crippen molar-refractivity contribution in [3.05, 3.63) is 69.0 Å². The summed E-state index contributed by atoms with van der Waals surface area (Å²) in [5, 5.41) is 8.31. The van der Waals surface area contributed by atoms with Crippen molar-refractivity contribution in [2.24, 2.45) is 7.05 Å². The zero-order valence-electron chi connectivity index (χ0n) is 14.5. The number of aromatic nitrogens is 3. The molecule has 0 bridgehead atoms. The van der Waals surface area contributed by atoms with Crippen molar-refractivity contribution in [3.63, 3.8) is 0 Å². The monoisotopic (exact) mass is 368 g/mol. The van der Waals surface area contributed by atoms with E-state index in [1.165, 1.54) is 16.0 Å². The van der Waals surface area contributed by atoms with Gasteiger partial charge in [-0.2, -0.15) is 16.4 Å². The van der Waals surface area contributed by atoms with Crippen molar-refractivity contribution in [1.82, 2.24) is 19.2 Å². The highest BCUT2D eigenvalue weighted by molar-refractivity contribution is 7.08. The highest BCUT2D eigenvalue weighted by Gasteiger charge is 2.29. The van der Waals surface area contributed by atoms with Crippen LogP contribution in [0, 0.1) is 0 Å². The first-order valence-corrected chi connectivity index (χ1v) is 9.62. The van der Waals surface area contributed by atoms with E-state index < -0.39 is 0 Å². The van der Waals surface area contributed by atoms with E-state index in [1.54, 1.807) is 11.6 Å². The highest BCUT2D eigenvalue weighted by Crippen LogP contribution is 2.28. The van der Waals surface area contributed by atoms with E-state index in [4.69, 9.17) is 0 Å². The summed E-state index contributed by atoms with van der Waals surface area (Å²) in [5.74, 6) is 1.04. The molecule has 1 saturated heterocycles. The third-order valence-electron chi connectivity index (χ3n) is 4.88. The number of benzene rings is 1. The molecular formula is C19H20N4O2S. The van der Waals surface area contributed by atoms with E-state index in [0.717, 1.165) is 29.9 Å². The van der Waals surface area contributed by atoms with Gasteiger partial charge in [0, 0.05) is 31.4 Å². The molecule has 1 aliphatic rings. The normalized spacial score (nSPS) is 15.3. The van der Waals surface area contributed by atoms with Crippen LogP contribution in [-0.4, -0.2) is 38.2 Å². The van der Waals surface area contributed by atoms with Gasteiger partial charge in [-0.1, -0.05) is 18.2 Å². The Morgan fingerprint density at radius 3 is 2.54 bits per heavy atom. The van der Waals surface area contributed by atoms with Crippen molar-refractivity contribution in [3.8, 4) is 5.69 Å². The Kier molecular flexibility index (Phi) is 4.46. The lowest BCUT2D eigenvalue weighted by Crippen LogP contribution is -2.38. The van der Waals surface area contributed by atoms with Crippen LogP contribution in [0.5, 0.6) is 0 Å². The predicted molar refractivity (Wildman–Crippen MR) is 101 cm³/mol. The summed E-state index contributed by atoms with van der Waals surface area (Å²) < 4.78 is 3.09. The van der Waals surface area contributed by atoms with Gasteiger partial charge in [0.05, 0.1) is 11.3 Å². The maximum Gasteiger partial charge on any atom is 0.350 e. The van der Waals surface area contributed by atoms with Gasteiger partial charge in [-0.05, 0) is 36.4 Å². The van der Waals surface area contributed by atoms with Crippen LogP contribution >= 0.6 is 11.3 Å². The van der Waals surface area contributed by atoms with Gasteiger partial charge in [0.2, 0.25) is 0 Å². The molecule has 1 fully saturated rings. The Labute approximate surface area is 155 Å². The predicted octanol–water partition coefficient (Wildman–Crippen LogP) is 2.65. The zero-order valence-corrected chi connectivity index (χ0v) is 15.4. The summed E-state index contributed by atoms with van der Waals surface area (Å²) in [4.78, 5) is 27.0. The molecule has 7 heteroatoms. The summed E-state index contributed by atoms with van der Waals surface area (Å²) >= 11 is 1.53. The summed E-state index contributed by atoms with van der Waals surface area (Å²) in [7, 11) is 1.68. The largest absolute Gasteiger partial charge is 0.350 e. The van der Waals surface area contributed by atoms with Gasteiger partial charge in [0.25, 0.3) is 5.91 Å². The molecular weight excluding hydrogens is 348 g/mol. The SMILES string of the molecule is Cn1nc(C2CCN(C(=O)c3ccsc3)CC2)n(-c2ccccc2)c1=O. The number of amides is 1. The maximum atomic E-state index is 12.6. The fourth-order valence-corrected chi connectivity index (χ4v) is 4.11. The van der Waals surface area contributed by atoms with Crippen molar-refractivity contribution in [2.45, 2.75) is 18.8 Å². The van der Waals surface area contributed by atoms with Crippen LogP contribution < -0.4 is 5.69 Å². The number of likely N-dealkylation sites (tertiary alicyclic amines) is 1. The molecule has 1 amide bonds. The number of hydrogen-bond acceptors (Lipinski definition) is 4. The summed E-state index contributed by atoms with van der Waals surface area (Å²) in [6.07, 6.45) is 1.61. The molecule has 1 aromatic carbocycles. The standard InChI is InChI=1S/C19H20N4O2S/c1-21-19(25)23(16-5-3-2-4-6-16)17(20-21)14-7-10-22(11-8-14)18(24)15-9-12-26-13-15/h2-6,9,12-14H,7-8,10-11H2,1H3. The zero-order chi connectivity index (χ0) is 18.1. The van der Waals surface area contributed by atoms with Gasteiger partial charge in [-0.15, -0.1) is 0 Å². The quantitative estimate of drug-likeness (QED) is 0.714. The van der Waals surface area contributed by atoms with Crippen LogP contribution in [0.25, 0.3) is 5.69 Å². The second kappa shape index (κ2) is 6.92. The number of nitrogens with zero attached hydrogens (tertiary/aromatic N) is 4. The first-order valence-electron chi connectivity index (χ1n) is 8.68. The maximum absolute atomic E-state index is 12.6. The minimum atomic E-state index is -0.136. The molecule has 0 spiro atoms. The Bertz CT molecular complexity index is 951. The molecule has 134 valence electrons. The van der Waals surface area contributed by atoms with Crippen molar-refractivity contribution in [1.29, 1.82) is 0 Å². The number of rotatable bonds is 3. The molecule has 2 aromatic heterocycles. The van der Waals surface area contributed by atoms with Gasteiger partial charge in [0.15, 0.2) is 0 Å². The minimum absolute atomic E-state index is 0.0890. The topological polar surface area (TPSA) is 60.1 Å². The van der Waals surface area contributed by atoms with Gasteiger partial charge in [0.1, 0.15) is 5.82 Å². The first kappa shape index (κ1) is 16.8. The average molecular weight is 368 g/mol.